The third kappa shape index (κ3) is 3.79. The fourth-order valence-electron chi connectivity index (χ4n) is 6.30. The average Bonchev–Trinajstić information content (AvgIpc) is 3.51. The van der Waals surface area contributed by atoms with E-state index < -0.39 is 29.2 Å². The molecule has 3 aromatic rings. The Morgan fingerprint density at radius 1 is 1.16 bits per heavy atom. The number of rotatable bonds is 4. The molecule has 2 N–H and O–H groups in total. The number of hydrogen-bond donors (Lipinski definition) is 2. The van der Waals surface area contributed by atoms with Crippen LogP contribution in [0.5, 0.6) is 0 Å². The number of benzene rings is 3. The number of amides is 1. The molecule has 3 aromatic carbocycles. The molecule has 9 heteroatoms. The highest BCUT2D eigenvalue weighted by Gasteiger charge is 2.63. The Kier molecular flexibility index (Phi) is 5.90. The summed E-state index contributed by atoms with van der Waals surface area (Å²) in [6.07, 6.45) is 0. The van der Waals surface area contributed by atoms with Crippen molar-refractivity contribution in [3.8, 4) is 0 Å². The van der Waals surface area contributed by atoms with Crippen LogP contribution in [0.2, 0.25) is 10.0 Å². The number of likely N-dealkylation sites (tertiary alicyclic amines) is 1. The lowest BCUT2D eigenvalue weighted by Crippen LogP contribution is -2.48. The predicted octanol–water partition coefficient (Wildman–Crippen LogP) is 4.95. The number of ether oxygens (including phenoxy) is 1. The van der Waals surface area contributed by atoms with Crippen molar-refractivity contribution in [1.82, 2.24) is 10.2 Å². The monoisotopic (exact) mass is 539 g/mol. The van der Waals surface area contributed by atoms with Gasteiger partial charge in [-0.1, -0.05) is 53.5 Å². The van der Waals surface area contributed by atoms with Gasteiger partial charge in [-0.3, -0.25) is 10.1 Å². The summed E-state index contributed by atoms with van der Waals surface area (Å²) >= 11 is 12.5. The SMILES string of the molecule is COC(=O)c1ccc(CN2C[C@H]3N[C@@]4(CNc5cc(Cl)ccc54)[C@H](c4cccc(Cl)c4F)[C@H]3C2=O)cc1. The van der Waals surface area contributed by atoms with E-state index in [4.69, 9.17) is 27.9 Å². The summed E-state index contributed by atoms with van der Waals surface area (Å²) in [6, 6.07) is 17.4. The standard InChI is InChI=1S/C28H24Cl2FN3O3/c1-37-27(36)16-7-5-15(6-8-16)12-34-13-22-23(26(34)35)24(18-3-2-4-20(30)25(18)31)28(33-22)14-32-21-11-17(29)9-10-19(21)28/h2-11,22-24,32-33H,12-14H2,1H3/t22-,23+,24-,28-/m1/s1. The second-order valence-electron chi connectivity index (χ2n) is 9.82. The van der Waals surface area contributed by atoms with Crippen molar-refractivity contribution in [1.29, 1.82) is 0 Å². The van der Waals surface area contributed by atoms with E-state index in [1.165, 1.54) is 13.2 Å². The summed E-state index contributed by atoms with van der Waals surface area (Å²) < 4.78 is 20.3. The van der Waals surface area contributed by atoms with E-state index >= 15 is 4.39 Å². The molecule has 1 spiro atoms. The zero-order valence-corrected chi connectivity index (χ0v) is 21.4. The van der Waals surface area contributed by atoms with Gasteiger partial charge in [0.25, 0.3) is 0 Å². The quantitative estimate of drug-likeness (QED) is 0.459. The van der Waals surface area contributed by atoms with Gasteiger partial charge >= 0.3 is 5.97 Å². The minimum atomic E-state index is -0.690. The first kappa shape index (κ1) is 24.2. The van der Waals surface area contributed by atoms with E-state index in [1.807, 2.05) is 30.3 Å². The molecule has 6 rings (SSSR count). The zero-order chi connectivity index (χ0) is 25.9. The third-order valence-electron chi connectivity index (χ3n) is 7.87. The minimum absolute atomic E-state index is 0.0337. The number of carbonyl (C=O) groups is 2. The normalized spacial score (nSPS) is 25.8. The van der Waals surface area contributed by atoms with Crippen molar-refractivity contribution in [2.24, 2.45) is 5.92 Å². The van der Waals surface area contributed by atoms with Gasteiger partial charge in [-0.15, -0.1) is 0 Å². The molecule has 3 heterocycles. The van der Waals surface area contributed by atoms with Crippen molar-refractivity contribution in [3.05, 3.63) is 98.8 Å². The molecule has 0 unspecified atom stereocenters. The number of nitrogens with zero attached hydrogens (tertiary/aromatic N) is 1. The van der Waals surface area contributed by atoms with Crippen LogP contribution in [-0.4, -0.2) is 43.0 Å². The topological polar surface area (TPSA) is 70.7 Å². The van der Waals surface area contributed by atoms with Crippen molar-refractivity contribution < 1.29 is 18.7 Å². The summed E-state index contributed by atoms with van der Waals surface area (Å²) in [6.45, 7) is 1.36. The fourth-order valence-corrected chi connectivity index (χ4v) is 6.65. The molecule has 3 aliphatic rings. The van der Waals surface area contributed by atoms with Gasteiger partial charge in [-0.2, -0.15) is 0 Å². The van der Waals surface area contributed by atoms with Crippen molar-refractivity contribution in [2.45, 2.75) is 24.0 Å². The summed E-state index contributed by atoms with van der Waals surface area (Å²) in [5.41, 5.74) is 2.92. The molecular weight excluding hydrogens is 516 g/mol. The van der Waals surface area contributed by atoms with E-state index in [0.29, 0.717) is 35.8 Å². The van der Waals surface area contributed by atoms with E-state index in [-0.39, 0.29) is 17.0 Å². The van der Waals surface area contributed by atoms with Gasteiger partial charge in [0.15, 0.2) is 0 Å². The molecule has 1 amide bonds. The first-order chi connectivity index (χ1) is 17.8. The van der Waals surface area contributed by atoms with E-state index in [0.717, 1.165) is 16.8 Å². The fraction of sp³-hybridized carbons (Fsp3) is 0.286. The Labute approximate surface area is 223 Å². The maximum Gasteiger partial charge on any atom is 0.337 e. The Morgan fingerprint density at radius 2 is 1.95 bits per heavy atom. The molecule has 0 saturated carbocycles. The van der Waals surface area contributed by atoms with Crippen LogP contribution in [0, 0.1) is 11.7 Å². The molecular formula is C28H24Cl2FN3O3. The van der Waals surface area contributed by atoms with Crippen LogP contribution in [0.15, 0.2) is 60.7 Å². The summed E-state index contributed by atoms with van der Waals surface area (Å²) in [5.74, 6) is -1.91. The zero-order valence-electron chi connectivity index (χ0n) is 19.9. The van der Waals surface area contributed by atoms with Crippen LogP contribution in [0.25, 0.3) is 0 Å². The van der Waals surface area contributed by atoms with Gasteiger partial charge in [-0.25, -0.2) is 9.18 Å². The highest BCUT2D eigenvalue weighted by molar-refractivity contribution is 6.31. The average molecular weight is 540 g/mol. The minimum Gasteiger partial charge on any atom is -0.465 e. The van der Waals surface area contributed by atoms with Crippen LogP contribution in [0.1, 0.15) is 33.0 Å². The van der Waals surface area contributed by atoms with Crippen molar-refractivity contribution in [3.63, 3.8) is 0 Å². The van der Waals surface area contributed by atoms with E-state index in [1.54, 1.807) is 29.2 Å². The highest BCUT2D eigenvalue weighted by atomic mass is 35.5. The maximum absolute atomic E-state index is 15.5. The molecule has 0 aliphatic carbocycles. The summed E-state index contributed by atoms with van der Waals surface area (Å²) in [5, 5.41) is 7.79. The Morgan fingerprint density at radius 3 is 2.70 bits per heavy atom. The molecule has 190 valence electrons. The lowest BCUT2D eigenvalue weighted by Gasteiger charge is -2.35. The molecule has 3 aliphatic heterocycles. The summed E-state index contributed by atoms with van der Waals surface area (Å²) in [4.78, 5) is 27.5. The molecule has 0 bridgehead atoms. The number of halogens is 3. The molecule has 6 nitrogen and oxygen atoms in total. The molecule has 0 aromatic heterocycles. The van der Waals surface area contributed by atoms with Gasteiger partial charge in [0.05, 0.1) is 29.2 Å². The summed E-state index contributed by atoms with van der Waals surface area (Å²) in [7, 11) is 1.34. The van der Waals surface area contributed by atoms with E-state index in [9.17, 15) is 9.59 Å². The van der Waals surface area contributed by atoms with Gasteiger partial charge in [0.1, 0.15) is 5.82 Å². The van der Waals surface area contributed by atoms with E-state index in [2.05, 4.69) is 10.6 Å². The van der Waals surface area contributed by atoms with Gasteiger partial charge in [0.2, 0.25) is 5.91 Å². The number of esters is 1. The van der Waals surface area contributed by atoms with Gasteiger partial charge in [0, 0.05) is 42.3 Å². The second-order valence-corrected chi connectivity index (χ2v) is 10.7. The van der Waals surface area contributed by atoms with Crippen LogP contribution in [0.4, 0.5) is 10.1 Å². The molecule has 2 saturated heterocycles. The number of nitrogens with one attached hydrogen (secondary N) is 2. The Balaban J connectivity index is 1.36. The van der Waals surface area contributed by atoms with Gasteiger partial charge in [-0.05, 0) is 47.0 Å². The number of hydrogen-bond acceptors (Lipinski definition) is 5. The number of fused-ring (bicyclic) bond motifs is 3. The Bertz CT molecular complexity index is 1420. The number of anilines is 1. The second kappa shape index (κ2) is 9.01. The molecule has 37 heavy (non-hydrogen) atoms. The molecule has 0 radical (unpaired) electrons. The van der Waals surface area contributed by atoms with Crippen LogP contribution in [-0.2, 0) is 21.6 Å². The predicted molar refractivity (Wildman–Crippen MR) is 139 cm³/mol. The maximum atomic E-state index is 15.5. The smallest absolute Gasteiger partial charge is 0.337 e. The van der Waals surface area contributed by atoms with Crippen LogP contribution >= 0.6 is 23.2 Å². The first-order valence-corrected chi connectivity index (χ1v) is 12.8. The van der Waals surface area contributed by atoms with Crippen LogP contribution in [0.3, 0.4) is 0 Å². The number of methoxy groups -OCH3 is 1. The largest absolute Gasteiger partial charge is 0.465 e. The lowest BCUT2D eigenvalue weighted by molar-refractivity contribution is -0.132. The van der Waals surface area contributed by atoms with Crippen molar-refractivity contribution >= 4 is 40.8 Å². The third-order valence-corrected chi connectivity index (χ3v) is 8.39. The van der Waals surface area contributed by atoms with Gasteiger partial charge < -0.3 is 15.0 Å². The van der Waals surface area contributed by atoms with Crippen molar-refractivity contribution in [2.75, 3.05) is 25.5 Å². The lowest BCUT2D eigenvalue weighted by atomic mass is 9.72. The van der Waals surface area contributed by atoms with Crippen LogP contribution < -0.4 is 10.6 Å². The highest BCUT2D eigenvalue weighted by Crippen LogP contribution is 2.56. The molecule has 2 fully saturated rings. The molecule has 4 atom stereocenters. The number of carbonyl (C=O) groups excluding carboxylic acids is 2. The first-order valence-electron chi connectivity index (χ1n) is 12.0. The Hall–Kier alpha value is -3.13.